The molecule has 0 saturated heterocycles. The van der Waals surface area contributed by atoms with Gasteiger partial charge < -0.3 is 5.11 Å². The zero-order valence-electron chi connectivity index (χ0n) is 10.5. The summed E-state index contributed by atoms with van der Waals surface area (Å²) in [5.74, 6) is 0.532. The van der Waals surface area contributed by atoms with Gasteiger partial charge in [-0.25, -0.2) is 0 Å². The molecule has 2 rings (SSSR count). The highest BCUT2D eigenvalue weighted by atomic mass is 16.3. The smallest absolute Gasteiger partial charge is 0.0978 e. The number of nitrogens with zero attached hydrogens (tertiary/aromatic N) is 2. The molecule has 0 atom stereocenters. The van der Waals surface area contributed by atoms with Crippen molar-refractivity contribution in [3.63, 3.8) is 0 Å². The maximum Gasteiger partial charge on any atom is 0.0978 e. The van der Waals surface area contributed by atoms with Gasteiger partial charge in [0.25, 0.3) is 0 Å². The molecule has 0 unspecified atom stereocenters. The minimum absolute atomic E-state index is 0.0229. The van der Waals surface area contributed by atoms with Crippen LogP contribution in [0.15, 0.2) is 30.5 Å². The highest BCUT2D eigenvalue weighted by molar-refractivity contribution is 5.63. The van der Waals surface area contributed by atoms with Crippen LogP contribution < -0.4 is 0 Å². The van der Waals surface area contributed by atoms with Gasteiger partial charge in [0.05, 0.1) is 12.3 Å². The van der Waals surface area contributed by atoms with Gasteiger partial charge >= 0.3 is 0 Å². The molecule has 3 heteroatoms. The number of hydrogen-bond acceptors (Lipinski definition) is 2. The molecule has 0 amide bonds. The van der Waals surface area contributed by atoms with Crippen molar-refractivity contribution in [3.05, 3.63) is 41.6 Å². The SMILES string of the molecule is CC(C)c1ccc(-c2nn(C)cc2CO)cc1. The lowest BCUT2D eigenvalue weighted by Crippen LogP contribution is -1.90. The number of aryl methyl sites for hydroxylation is 1. The van der Waals surface area contributed by atoms with E-state index in [1.165, 1.54) is 5.56 Å². The number of aliphatic hydroxyl groups excluding tert-OH is 1. The van der Waals surface area contributed by atoms with Gasteiger partial charge in [0.15, 0.2) is 0 Å². The molecule has 0 aliphatic heterocycles. The maximum atomic E-state index is 9.28. The lowest BCUT2D eigenvalue weighted by atomic mass is 10.00. The summed E-state index contributed by atoms with van der Waals surface area (Å²) in [5.41, 5.74) is 4.10. The minimum Gasteiger partial charge on any atom is -0.392 e. The first-order valence-corrected chi connectivity index (χ1v) is 5.85. The van der Waals surface area contributed by atoms with Gasteiger partial charge in [-0.3, -0.25) is 4.68 Å². The number of hydrogen-bond donors (Lipinski definition) is 1. The third kappa shape index (κ3) is 2.39. The summed E-state index contributed by atoms with van der Waals surface area (Å²) in [7, 11) is 1.87. The van der Waals surface area contributed by atoms with E-state index < -0.39 is 0 Å². The Morgan fingerprint density at radius 2 is 1.88 bits per heavy atom. The van der Waals surface area contributed by atoms with E-state index in [2.05, 4.69) is 43.2 Å². The van der Waals surface area contributed by atoms with Crippen LogP contribution in [0.1, 0.15) is 30.9 Å². The van der Waals surface area contributed by atoms with Crippen LogP contribution in [0.5, 0.6) is 0 Å². The molecule has 0 aliphatic carbocycles. The summed E-state index contributed by atoms with van der Waals surface area (Å²) in [5, 5.41) is 13.7. The van der Waals surface area contributed by atoms with E-state index in [4.69, 9.17) is 0 Å². The average molecular weight is 230 g/mol. The van der Waals surface area contributed by atoms with Crippen LogP contribution in [0.25, 0.3) is 11.3 Å². The van der Waals surface area contributed by atoms with Gasteiger partial charge in [0, 0.05) is 24.4 Å². The van der Waals surface area contributed by atoms with E-state index in [9.17, 15) is 5.11 Å². The second-order valence-electron chi connectivity index (χ2n) is 4.61. The number of rotatable bonds is 3. The number of aliphatic hydroxyl groups is 1. The quantitative estimate of drug-likeness (QED) is 0.880. The molecular formula is C14H18N2O. The summed E-state index contributed by atoms with van der Waals surface area (Å²) in [6, 6.07) is 8.37. The van der Waals surface area contributed by atoms with Crippen molar-refractivity contribution < 1.29 is 5.11 Å². The number of aromatic nitrogens is 2. The standard InChI is InChI=1S/C14H18N2O/c1-10(2)11-4-6-12(7-5-11)14-13(9-17)8-16(3)15-14/h4-8,10,17H,9H2,1-3H3. The van der Waals surface area contributed by atoms with Crippen LogP contribution >= 0.6 is 0 Å². The molecule has 0 bridgehead atoms. The van der Waals surface area contributed by atoms with E-state index >= 15 is 0 Å². The fourth-order valence-electron chi connectivity index (χ4n) is 1.92. The Bertz CT molecular complexity index is 497. The molecular weight excluding hydrogens is 212 g/mol. The van der Waals surface area contributed by atoms with Crippen molar-refractivity contribution in [2.24, 2.45) is 7.05 Å². The van der Waals surface area contributed by atoms with Crippen LogP contribution in [0, 0.1) is 0 Å². The summed E-state index contributed by atoms with van der Waals surface area (Å²) in [4.78, 5) is 0. The van der Waals surface area contributed by atoms with Crippen LogP contribution in [-0.4, -0.2) is 14.9 Å². The van der Waals surface area contributed by atoms with Gasteiger partial charge in [0.2, 0.25) is 0 Å². The summed E-state index contributed by atoms with van der Waals surface area (Å²) >= 11 is 0. The van der Waals surface area contributed by atoms with Crippen LogP contribution in [0.2, 0.25) is 0 Å². The molecule has 90 valence electrons. The Labute approximate surface area is 102 Å². The normalized spacial score (nSPS) is 11.1. The molecule has 0 spiro atoms. The molecule has 17 heavy (non-hydrogen) atoms. The second-order valence-corrected chi connectivity index (χ2v) is 4.61. The van der Waals surface area contributed by atoms with E-state index in [-0.39, 0.29) is 6.61 Å². The van der Waals surface area contributed by atoms with Crippen molar-refractivity contribution in [1.82, 2.24) is 9.78 Å². The maximum absolute atomic E-state index is 9.28. The summed E-state index contributed by atoms with van der Waals surface area (Å²) < 4.78 is 1.73. The fraction of sp³-hybridized carbons (Fsp3) is 0.357. The minimum atomic E-state index is 0.0229. The van der Waals surface area contributed by atoms with Crippen molar-refractivity contribution in [2.45, 2.75) is 26.4 Å². The molecule has 0 fully saturated rings. The zero-order chi connectivity index (χ0) is 12.4. The van der Waals surface area contributed by atoms with Gasteiger partial charge in [-0.1, -0.05) is 38.1 Å². The molecule has 1 aromatic heterocycles. The van der Waals surface area contributed by atoms with Crippen molar-refractivity contribution in [3.8, 4) is 11.3 Å². The second kappa shape index (κ2) is 4.72. The van der Waals surface area contributed by atoms with Crippen molar-refractivity contribution >= 4 is 0 Å². The molecule has 0 radical (unpaired) electrons. The molecule has 1 aromatic carbocycles. The van der Waals surface area contributed by atoms with Crippen molar-refractivity contribution in [2.75, 3.05) is 0 Å². The Hall–Kier alpha value is -1.61. The van der Waals surface area contributed by atoms with Crippen LogP contribution in [-0.2, 0) is 13.7 Å². The third-order valence-electron chi connectivity index (χ3n) is 2.93. The summed E-state index contributed by atoms with van der Waals surface area (Å²) in [6.45, 7) is 4.37. The monoisotopic (exact) mass is 230 g/mol. The average Bonchev–Trinajstić information content (AvgIpc) is 2.70. The molecule has 0 aliphatic rings. The highest BCUT2D eigenvalue weighted by Crippen LogP contribution is 2.24. The van der Waals surface area contributed by atoms with Gasteiger partial charge in [0.1, 0.15) is 0 Å². The zero-order valence-corrected chi connectivity index (χ0v) is 10.5. The molecule has 1 N–H and O–H groups in total. The first kappa shape index (κ1) is 11.9. The number of benzene rings is 1. The van der Waals surface area contributed by atoms with E-state index in [1.54, 1.807) is 4.68 Å². The topological polar surface area (TPSA) is 38.0 Å². The van der Waals surface area contributed by atoms with E-state index in [0.717, 1.165) is 16.8 Å². The predicted octanol–water partition coefficient (Wildman–Crippen LogP) is 2.70. The first-order chi connectivity index (χ1) is 8.11. The Morgan fingerprint density at radius 1 is 1.24 bits per heavy atom. The Balaban J connectivity index is 2.39. The van der Waals surface area contributed by atoms with Gasteiger partial charge in [-0.15, -0.1) is 0 Å². The van der Waals surface area contributed by atoms with E-state index in [1.807, 2.05) is 13.2 Å². The lowest BCUT2D eigenvalue weighted by Gasteiger charge is -2.06. The molecule has 3 nitrogen and oxygen atoms in total. The largest absolute Gasteiger partial charge is 0.392 e. The van der Waals surface area contributed by atoms with Crippen LogP contribution in [0.3, 0.4) is 0 Å². The molecule has 1 heterocycles. The highest BCUT2D eigenvalue weighted by Gasteiger charge is 2.09. The van der Waals surface area contributed by atoms with E-state index in [0.29, 0.717) is 5.92 Å². The van der Waals surface area contributed by atoms with Gasteiger partial charge in [-0.2, -0.15) is 5.10 Å². The van der Waals surface area contributed by atoms with Gasteiger partial charge in [-0.05, 0) is 11.5 Å². The van der Waals surface area contributed by atoms with Crippen LogP contribution in [0.4, 0.5) is 0 Å². The molecule has 2 aromatic rings. The fourth-order valence-corrected chi connectivity index (χ4v) is 1.92. The summed E-state index contributed by atoms with van der Waals surface area (Å²) in [6.07, 6.45) is 1.85. The Morgan fingerprint density at radius 3 is 2.41 bits per heavy atom. The first-order valence-electron chi connectivity index (χ1n) is 5.85. The predicted molar refractivity (Wildman–Crippen MR) is 68.7 cm³/mol. The Kier molecular flexibility index (Phi) is 3.29. The lowest BCUT2D eigenvalue weighted by molar-refractivity contribution is 0.282. The van der Waals surface area contributed by atoms with Crippen molar-refractivity contribution in [1.29, 1.82) is 0 Å². The molecule has 0 saturated carbocycles. The third-order valence-corrected chi connectivity index (χ3v) is 2.93.